The van der Waals surface area contributed by atoms with E-state index in [0.717, 1.165) is 17.6 Å². The first-order valence-electron chi connectivity index (χ1n) is 6.27. The Morgan fingerprint density at radius 2 is 2.00 bits per heavy atom. The third-order valence-electron chi connectivity index (χ3n) is 2.73. The molecule has 118 valence electrons. The number of hydrogen-bond donors (Lipinski definition) is 1. The van der Waals surface area contributed by atoms with Gasteiger partial charge in [-0.25, -0.2) is 0 Å². The van der Waals surface area contributed by atoms with Crippen LogP contribution in [0.3, 0.4) is 0 Å². The van der Waals surface area contributed by atoms with E-state index in [9.17, 15) is 13.2 Å². The van der Waals surface area contributed by atoms with Crippen LogP contribution in [0.15, 0.2) is 18.5 Å². The molecule has 1 N–H and O–H groups in total. The number of anilines is 1. The number of alkyl halides is 3. The minimum absolute atomic E-state index is 0. The highest BCUT2D eigenvalue weighted by molar-refractivity contribution is 5.85. The van der Waals surface area contributed by atoms with Crippen molar-refractivity contribution in [2.45, 2.75) is 32.6 Å². The second-order valence-electron chi connectivity index (χ2n) is 4.49. The van der Waals surface area contributed by atoms with Gasteiger partial charge in [-0.2, -0.15) is 23.4 Å². The Labute approximate surface area is 126 Å². The molecule has 0 spiro atoms. The molecule has 0 aliphatic heterocycles. The van der Waals surface area contributed by atoms with Crippen molar-refractivity contribution < 1.29 is 13.2 Å². The molecule has 0 bridgehead atoms. The Hall–Kier alpha value is -1.70. The van der Waals surface area contributed by atoms with Gasteiger partial charge in [-0.1, -0.05) is 6.92 Å². The third kappa shape index (κ3) is 4.38. The summed E-state index contributed by atoms with van der Waals surface area (Å²) in [5, 5.41) is 10.5. The first kappa shape index (κ1) is 17.4. The van der Waals surface area contributed by atoms with Crippen LogP contribution in [0.25, 0.3) is 0 Å². The summed E-state index contributed by atoms with van der Waals surface area (Å²) in [6.45, 7) is 2.84. The van der Waals surface area contributed by atoms with E-state index in [2.05, 4.69) is 15.5 Å². The first-order valence-corrected chi connectivity index (χ1v) is 6.27. The number of hydrogen-bond acceptors (Lipinski definition) is 3. The molecule has 0 aromatic carbocycles. The smallest absolute Gasteiger partial charge is 0.364 e. The van der Waals surface area contributed by atoms with Crippen molar-refractivity contribution in [2.24, 2.45) is 7.05 Å². The van der Waals surface area contributed by atoms with E-state index in [1.807, 2.05) is 6.92 Å². The monoisotopic (exact) mass is 323 g/mol. The molecule has 2 aromatic rings. The molecule has 0 saturated heterocycles. The molecular formula is C12H17ClF3N5. The number of nitrogens with one attached hydrogen (secondary N) is 1. The summed E-state index contributed by atoms with van der Waals surface area (Å²) >= 11 is 0. The second-order valence-corrected chi connectivity index (χ2v) is 4.49. The molecule has 2 heterocycles. The third-order valence-corrected chi connectivity index (χ3v) is 2.73. The van der Waals surface area contributed by atoms with Crippen LogP contribution in [0.2, 0.25) is 0 Å². The molecule has 0 amide bonds. The summed E-state index contributed by atoms with van der Waals surface area (Å²) in [5.41, 5.74) is -0.759. The van der Waals surface area contributed by atoms with E-state index < -0.39 is 11.9 Å². The van der Waals surface area contributed by atoms with Gasteiger partial charge in [0.1, 0.15) is 5.82 Å². The van der Waals surface area contributed by atoms with Crippen LogP contribution in [0.5, 0.6) is 0 Å². The van der Waals surface area contributed by atoms with Crippen LogP contribution < -0.4 is 5.32 Å². The zero-order chi connectivity index (χ0) is 14.8. The van der Waals surface area contributed by atoms with Crippen LogP contribution in [0, 0.1) is 0 Å². The highest BCUT2D eigenvalue weighted by Gasteiger charge is 2.36. The second kappa shape index (κ2) is 6.84. The van der Waals surface area contributed by atoms with E-state index in [1.165, 1.54) is 13.2 Å². The lowest BCUT2D eigenvalue weighted by molar-refractivity contribution is -0.142. The summed E-state index contributed by atoms with van der Waals surface area (Å²) in [6, 6.07) is 1.74. The summed E-state index contributed by atoms with van der Waals surface area (Å²) in [5.74, 6) is 0.551. The van der Waals surface area contributed by atoms with Gasteiger partial charge in [0.25, 0.3) is 0 Å². The van der Waals surface area contributed by atoms with Gasteiger partial charge in [0.15, 0.2) is 5.69 Å². The summed E-state index contributed by atoms with van der Waals surface area (Å²) in [4.78, 5) is 0. The molecule has 0 unspecified atom stereocenters. The Morgan fingerprint density at radius 3 is 2.62 bits per heavy atom. The highest BCUT2D eigenvalue weighted by atomic mass is 35.5. The molecule has 0 aliphatic rings. The lowest BCUT2D eigenvalue weighted by Gasteiger charge is -2.06. The van der Waals surface area contributed by atoms with E-state index in [1.54, 1.807) is 16.9 Å². The molecule has 0 fully saturated rings. The number of rotatable bonds is 5. The number of aromatic nitrogens is 4. The van der Waals surface area contributed by atoms with Crippen molar-refractivity contribution in [1.29, 1.82) is 0 Å². The van der Waals surface area contributed by atoms with Crippen LogP contribution in [0.1, 0.15) is 24.6 Å². The predicted octanol–water partition coefficient (Wildman–Crippen LogP) is 3.08. The number of aryl methyl sites for hydroxylation is 2. The van der Waals surface area contributed by atoms with Crippen molar-refractivity contribution in [2.75, 3.05) is 5.32 Å². The lowest BCUT2D eigenvalue weighted by Crippen LogP contribution is -2.11. The maximum atomic E-state index is 12.8. The first-order chi connectivity index (χ1) is 9.40. The van der Waals surface area contributed by atoms with Gasteiger partial charge in [0.05, 0.1) is 0 Å². The molecule has 9 heteroatoms. The molecule has 0 radical (unpaired) electrons. The van der Waals surface area contributed by atoms with Gasteiger partial charge in [0, 0.05) is 44.2 Å². The number of halogens is 4. The van der Waals surface area contributed by atoms with Gasteiger partial charge in [0.2, 0.25) is 0 Å². The number of nitrogens with zero attached hydrogens (tertiary/aromatic N) is 4. The van der Waals surface area contributed by atoms with Gasteiger partial charge >= 0.3 is 6.18 Å². The fourth-order valence-electron chi connectivity index (χ4n) is 1.90. The van der Waals surface area contributed by atoms with Gasteiger partial charge in [-0.15, -0.1) is 12.4 Å². The predicted molar refractivity (Wildman–Crippen MR) is 75.3 cm³/mol. The average Bonchev–Trinajstić information content (AvgIpc) is 2.93. The summed E-state index contributed by atoms with van der Waals surface area (Å²) < 4.78 is 41.2. The minimum atomic E-state index is -4.44. The van der Waals surface area contributed by atoms with Crippen LogP contribution in [-0.2, 0) is 26.3 Å². The van der Waals surface area contributed by atoms with Crippen LogP contribution >= 0.6 is 12.4 Å². The Morgan fingerprint density at radius 1 is 1.29 bits per heavy atom. The molecule has 2 aromatic heterocycles. The molecule has 0 atom stereocenters. The van der Waals surface area contributed by atoms with Crippen molar-refractivity contribution in [3.8, 4) is 0 Å². The maximum Gasteiger partial charge on any atom is 0.435 e. The van der Waals surface area contributed by atoms with Gasteiger partial charge in [-0.05, 0) is 6.42 Å². The normalized spacial score (nSPS) is 11.3. The van der Waals surface area contributed by atoms with Gasteiger partial charge in [-0.3, -0.25) is 9.36 Å². The Balaban J connectivity index is 0.00000220. The van der Waals surface area contributed by atoms with Crippen LogP contribution in [-0.4, -0.2) is 19.6 Å². The SMILES string of the molecule is CCCn1ccc(NCc2cn(C)nc2C(F)(F)F)n1.Cl. The fourth-order valence-corrected chi connectivity index (χ4v) is 1.90. The highest BCUT2D eigenvalue weighted by Crippen LogP contribution is 2.30. The van der Waals surface area contributed by atoms with Crippen molar-refractivity contribution in [3.63, 3.8) is 0 Å². The topological polar surface area (TPSA) is 47.7 Å². The fraction of sp³-hybridized carbons (Fsp3) is 0.500. The van der Waals surface area contributed by atoms with Crippen molar-refractivity contribution in [3.05, 3.63) is 29.7 Å². The zero-order valence-corrected chi connectivity index (χ0v) is 12.5. The standard InChI is InChI=1S/C12H16F3N5.ClH/c1-3-5-20-6-4-10(17-20)16-7-9-8-19(2)18-11(9)12(13,14)15;/h4,6,8H,3,5,7H2,1-2H3,(H,16,17);1H. The summed E-state index contributed by atoms with van der Waals surface area (Å²) in [6.07, 6.45) is -0.347. The van der Waals surface area contributed by atoms with Crippen molar-refractivity contribution in [1.82, 2.24) is 19.6 Å². The summed E-state index contributed by atoms with van der Waals surface area (Å²) in [7, 11) is 1.47. The lowest BCUT2D eigenvalue weighted by atomic mass is 10.2. The Bertz CT molecular complexity index is 576. The minimum Gasteiger partial charge on any atom is -0.364 e. The maximum absolute atomic E-state index is 12.8. The quantitative estimate of drug-likeness (QED) is 0.920. The average molecular weight is 324 g/mol. The van der Waals surface area contributed by atoms with Gasteiger partial charge < -0.3 is 5.32 Å². The molecular weight excluding hydrogens is 307 g/mol. The van der Waals surface area contributed by atoms with E-state index in [4.69, 9.17) is 0 Å². The van der Waals surface area contributed by atoms with E-state index >= 15 is 0 Å². The largest absolute Gasteiger partial charge is 0.435 e. The van der Waals surface area contributed by atoms with E-state index in [-0.39, 0.29) is 24.5 Å². The zero-order valence-electron chi connectivity index (χ0n) is 11.7. The Kier molecular flexibility index (Phi) is 5.65. The van der Waals surface area contributed by atoms with E-state index in [0.29, 0.717) is 5.82 Å². The van der Waals surface area contributed by atoms with Crippen LogP contribution in [0.4, 0.5) is 19.0 Å². The molecule has 0 saturated carbocycles. The molecule has 5 nitrogen and oxygen atoms in total. The molecule has 2 rings (SSSR count). The molecule has 21 heavy (non-hydrogen) atoms. The van der Waals surface area contributed by atoms with Crippen molar-refractivity contribution >= 4 is 18.2 Å². The molecule has 0 aliphatic carbocycles.